The summed E-state index contributed by atoms with van der Waals surface area (Å²) in [7, 11) is 0. The van der Waals surface area contributed by atoms with Gasteiger partial charge in [-0.15, -0.1) is 10.2 Å². The molecule has 0 spiro atoms. The summed E-state index contributed by atoms with van der Waals surface area (Å²) >= 11 is 1.30. The second-order valence-corrected chi connectivity index (χ2v) is 7.62. The van der Waals surface area contributed by atoms with Crippen molar-refractivity contribution in [1.82, 2.24) is 10.2 Å². The highest BCUT2D eigenvalue weighted by molar-refractivity contribution is 7.99. The fraction of sp³-hybridized carbons (Fsp3) is 0.286. The van der Waals surface area contributed by atoms with Crippen LogP contribution in [0.3, 0.4) is 0 Å². The molecule has 1 aliphatic heterocycles. The summed E-state index contributed by atoms with van der Waals surface area (Å²) in [5.41, 5.74) is 3.38. The summed E-state index contributed by atoms with van der Waals surface area (Å²) in [5, 5.41) is 8.60. The van der Waals surface area contributed by atoms with E-state index < -0.39 is 0 Å². The molecule has 4 rings (SSSR count). The van der Waals surface area contributed by atoms with Crippen molar-refractivity contribution in [3.8, 4) is 0 Å². The number of benzene rings is 2. The van der Waals surface area contributed by atoms with Crippen molar-refractivity contribution in [2.75, 3.05) is 10.7 Å². The molecule has 2 aromatic carbocycles. The average Bonchev–Trinajstić information content (AvgIpc) is 3.14. The van der Waals surface area contributed by atoms with Crippen LogP contribution in [0.4, 0.5) is 5.69 Å². The van der Waals surface area contributed by atoms with Crippen LogP contribution in [0.1, 0.15) is 30.4 Å². The first-order valence-electron chi connectivity index (χ1n) is 9.10. The summed E-state index contributed by atoms with van der Waals surface area (Å²) in [6, 6.07) is 18.3. The van der Waals surface area contributed by atoms with E-state index in [4.69, 9.17) is 4.42 Å². The van der Waals surface area contributed by atoms with Crippen molar-refractivity contribution >= 4 is 23.4 Å². The topological polar surface area (TPSA) is 59.2 Å². The molecule has 1 amide bonds. The number of hydrogen-bond donors (Lipinski definition) is 0. The minimum Gasteiger partial charge on any atom is -0.416 e. The van der Waals surface area contributed by atoms with Crippen LogP contribution in [0.15, 0.2) is 64.2 Å². The van der Waals surface area contributed by atoms with E-state index in [1.54, 1.807) is 0 Å². The third-order valence-electron chi connectivity index (χ3n) is 4.76. The molecule has 3 aromatic rings. The quantitative estimate of drug-likeness (QED) is 0.624. The highest BCUT2D eigenvalue weighted by Crippen LogP contribution is 2.31. The molecule has 0 radical (unpaired) electrons. The first-order valence-corrected chi connectivity index (χ1v) is 10.1. The Morgan fingerprint density at radius 2 is 1.93 bits per heavy atom. The summed E-state index contributed by atoms with van der Waals surface area (Å²) in [5.74, 6) is 0.918. The van der Waals surface area contributed by atoms with E-state index >= 15 is 0 Å². The van der Waals surface area contributed by atoms with Gasteiger partial charge in [-0.2, -0.15) is 0 Å². The molecule has 1 aliphatic rings. The monoisotopic (exact) mass is 379 g/mol. The number of nitrogens with zero attached hydrogens (tertiary/aromatic N) is 3. The van der Waals surface area contributed by atoms with Crippen LogP contribution in [-0.2, 0) is 17.6 Å². The van der Waals surface area contributed by atoms with E-state index in [1.807, 2.05) is 53.4 Å². The highest BCUT2D eigenvalue weighted by Gasteiger charge is 2.28. The molecule has 0 bridgehead atoms. The van der Waals surface area contributed by atoms with Gasteiger partial charge >= 0.3 is 0 Å². The van der Waals surface area contributed by atoms with Gasteiger partial charge < -0.3 is 9.32 Å². The number of rotatable bonds is 5. The standard InChI is InChI=1S/C21H21N3O2S/c1-15-11-12-17-9-5-6-10-18(17)24(15)20(25)14-27-21-23-22-19(26-21)13-16-7-3-2-4-8-16/h2-10,15H,11-14H2,1H3/t15-/m0/s1. The number of anilines is 1. The predicted molar refractivity (Wildman–Crippen MR) is 106 cm³/mol. The van der Waals surface area contributed by atoms with Gasteiger partial charge in [-0.3, -0.25) is 4.79 Å². The number of carbonyl (C=O) groups excluding carboxylic acids is 1. The van der Waals surface area contributed by atoms with Gasteiger partial charge in [-0.25, -0.2) is 0 Å². The van der Waals surface area contributed by atoms with E-state index in [9.17, 15) is 4.79 Å². The molecular weight excluding hydrogens is 358 g/mol. The minimum atomic E-state index is 0.0717. The van der Waals surface area contributed by atoms with Crippen LogP contribution in [0.25, 0.3) is 0 Å². The van der Waals surface area contributed by atoms with E-state index in [2.05, 4.69) is 23.2 Å². The molecule has 5 nitrogen and oxygen atoms in total. The number of amides is 1. The molecule has 1 aromatic heterocycles. The van der Waals surface area contributed by atoms with Crippen molar-refractivity contribution in [2.45, 2.75) is 37.5 Å². The van der Waals surface area contributed by atoms with Gasteiger partial charge in [0.15, 0.2) is 0 Å². The average molecular weight is 379 g/mol. The molecule has 0 saturated carbocycles. The second kappa shape index (κ2) is 7.96. The van der Waals surface area contributed by atoms with E-state index in [-0.39, 0.29) is 17.7 Å². The zero-order chi connectivity index (χ0) is 18.6. The summed E-state index contributed by atoms with van der Waals surface area (Å²) < 4.78 is 5.69. The van der Waals surface area contributed by atoms with Crippen LogP contribution in [0, 0.1) is 0 Å². The molecule has 138 valence electrons. The molecule has 0 fully saturated rings. The lowest BCUT2D eigenvalue weighted by molar-refractivity contribution is -0.116. The first-order chi connectivity index (χ1) is 13.2. The Kier molecular flexibility index (Phi) is 5.25. The normalized spacial score (nSPS) is 16.2. The van der Waals surface area contributed by atoms with Crippen LogP contribution < -0.4 is 4.90 Å². The SMILES string of the molecule is C[C@H]1CCc2ccccc2N1C(=O)CSc1nnc(Cc2ccccc2)o1. The lowest BCUT2D eigenvalue weighted by Crippen LogP contribution is -2.43. The lowest BCUT2D eigenvalue weighted by Gasteiger charge is -2.35. The minimum absolute atomic E-state index is 0.0717. The van der Waals surface area contributed by atoms with E-state index in [0.29, 0.717) is 17.5 Å². The maximum absolute atomic E-state index is 12.9. The molecule has 0 N–H and O–H groups in total. The van der Waals surface area contributed by atoms with Crippen molar-refractivity contribution in [3.05, 3.63) is 71.6 Å². The number of fused-ring (bicyclic) bond motifs is 1. The fourth-order valence-corrected chi connectivity index (χ4v) is 4.04. The first kappa shape index (κ1) is 17.8. The zero-order valence-corrected chi connectivity index (χ0v) is 16.0. The lowest BCUT2D eigenvalue weighted by atomic mass is 9.97. The number of thioether (sulfide) groups is 1. The van der Waals surface area contributed by atoms with Crippen LogP contribution in [-0.4, -0.2) is 27.9 Å². The Morgan fingerprint density at radius 3 is 2.78 bits per heavy atom. The van der Waals surface area contributed by atoms with Crippen LogP contribution in [0.5, 0.6) is 0 Å². The van der Waals surface area contributed by atoms with E-state index in [0.717, 1.165) is 24.1 Å². The fourth-order valence-electron chi connectivity index (χ4n) is 3.40. The maximum atomic E-state index is 12.9. The third-order valence-corrected chi connectivity index (χ3v) is 5.56. The Hall–Kier alpha value is -2.60. The Labute approximate surface area is 162 Å². The molecule has 0 unspecified atom stereocenters. The third kappa shape index (κ3) is 4.06. The van der Waals surface area contributed by atoms with Crippen molar-refractivity contribution < 1.29 is 9.21 Å². The number of carbonyl (C=O) groups is 1. The Balaban J connectivity index is 1.40. The summed E-state index contributed by atoms with van der Waals surface area (Å²) in [4.78, 5) is 14.8. The van der Waals surface area contributed by atoms with Gasteiger partial charge in [0.1, 0.15) is 0 Å². The molecular formula is C21H21N3O2S. The van der Waals surface area contributed by atoms with Gasteiger partial charge in [0.2, 0.25) is 11.8 Å². The summed E-state index contributed by atoms with van der Waals surface area (Å²) in [6.45, 7) is 2.10. The van der Waals surface area contributed by atoms with Gasteiger partial charge in [0.05, 0.1) is 12.2 Å². The number of hydrogen-bond acceptors (Lipinski definition) is 5. The molecule has 1 atom stereocenters. The molecule has 27 heavy (non-hydrogen) atoms. The van der Waals surface area contributed by atoms with Crippen LogP contribution >= 0.6 is 11.8 Å². The molecule has 6 heteroatoms. The van der Waals surface area contributed by atoms with Gasteiger partial charge in [-0.1, -0.05) is 60.3 Å². The Bertz CT molecular complexity index is 926. The Morgan fingerprint density at radius 1 is 1.15 bits per heavy atom. The number of aryl methyl sites for hydroxylation is 1. The van der Waals surface area contributed by atoms with Gasteiger partial charge in [0, 0.05) is 11.7 Å². The van der Waals surface area contributed by atoms with E-state index in [1.165, 1.54) is 17.3 Å². The van der Waals surface area contributed by atoms with Crippen molar-refractivity contribution in [3.63, 3.8) is 0 Å². The summed E-state index contributed by atoms with van der Waals surface area (Å²) in [6.07, 6.45) is 2.59. The van der Waals surface area contributed by atoms with Crippen molar-refractivity contribution in [1.29, 1.82) is 0 Å². The van der Waals surface area contributed by atoms with Gasteiger partial charge in [0.25, 0.3) is 5.22 Å². The van der Waals surface area contributed by atoms with Crippen molar-refractivity contribution in [2.24, 2.45) is 0 Å². The predicted octanol–water partition coefficient (Wildman–Crippen LogP) is 4.12. The number of para-hydroxylation sites is 1. The smallest absolute Gasteiger partial charge is 0.277 e. The largest absolute Gasteiger partial charge is 0.416 e. The highest BCUT2D eigenvalue weighted by atomic mass is 32.2. The zero-order valence-electron chi connectivity index (χ0n) is 15.2. The van der Waals surface area contributed by atoms with Crippen LogP contribution in [0.2, 0.25) is 0 Å². The molecule has 0 aliphatic carbocycles. The molecule has 0 saturated heterocycles. The maximum Gasteiger partial charge on any atom is 0.277 e. The number of aromatic nitrogens is 2. The second-order valence-electron chi connectivity index (χ2n) is 6.69. The molecule has 2 heterocycles. The van der Waals surface area contributed by atoms with Gasteiger partial charge in [-0.05, 0) is 37.0 Å².